The van der Waals surface area contributed by atoms with E-state index in [4.69, 9.17) is 16.3 Å². The first-order chi connectivity index (χ1) is 9.08. The molecule has 0 saturated carbocycles. The highest BCUT2D eigenvalue weighted by Crippen LogP contribution is 2.28. The molecular formula is C14H16ClNO2S. The van der Waals surface area contributed by atoms with Crippen molar-refractivity contribution in [2.45, 2.75) is 26.4 Å². The van der Waals surface area contributed by atoms with Gasteiger partial charge in [0.2, 0.25) is 0 Å². The Morgan fingerprint density at radius 2 is 2.26 bits per heavy atom. The summed E-state index contributed by atoms with van der Waals surface area (Å²) in [6.07, 6.45) is 0.220. The predicted octanol–water partition coefficient (Wildman–Crippen LogP) is 3.78. The molecular weight excluding hydrogens is 282 g/mol. The summed E-state index contributed by atoms with van der Waals surface area (Å²) in [4.78, 5) is 5.43. The van der Waals surface area contributed by atoms with Crippen LogP contribution in [0.15, 0.2) is 23.7 Å². The molecule has 102 valence electrons. The molecule has 0 bridgehead atoms. The van der Waals surface area contributed by atoms with Gasteiger partial charge < -0.3 is 9.84 Å². The van der Waals surface area contributed by atoms with E-state index in [0.29, 0.717) is 22.9 Å². The van der Waals surface area contributed by atoms with Crippen LogP contribution in [0.2, 0.25) is 5.02 Å². The fourth-order valence-corrected chi connectivity index (χ4v) is 2.74. The van der Waals surface area contributed by atoms with Crippen molar-refractivity contribution in [2.24, 2.45) is 0 Å². The van der Waals surface area contributed by atoms with Crippen LogP contribution in [0.4, 0.5) is 0 Å². The summed E-state index contributed by atoms with van der Waals surface area (Å²) < 4.78 is 5.74. The molecule has 0 aliphatic rings. The van der Waals surface area contributed by atoms with E-state index in [2.05, 4.69) is 4.98 Å². The van der Waals surface area contributed by atoms with Gasteiger partial charge in [-0.25, -0.2) is 4.98 Å². The van der Waals surface area contributed by atoms with Crippen LogP contribution in [0.5, 0.6) is 5.75 Å². The smallest absolute Gasteiger partial charge is 0.125 e. The summed E-state index contributed by atoms with van der Waals surface area (Å²) in [5.41, 5.74) is 3.61. The molecule has 1 N–H and O–H groups in total. The van der Waals surface area contributed by atoms with Gasteiger partial charge in [0.05, 0.1) is 23.9 Å². The molecule has 0 amide bonds. The minimum absolute atomic E-state index is 0.560. The lowest BCUT2D eigenvalue weighted by molar-refractivity contribution is 0.191. The van der Waals surface area contributed by atoms with Crippen LogP contribution < -0.4 is 4.74 Å². The third kappa shape index (κ3) is 3.69. The van der Waals surface area contributed by atoms with Gasteiger partial charge in [0.1, 0.15) is 5.75 Å². The Morgan fingerprint density at radius 1 is 1.47 bits per heavy atom. The summed E-state index contributed by atoms with van der Waals surface area (Å²) in [7, 11) is 0. The SMILES string of the molecule is Cc1ncsc1CCOc1ccc(Cl)cc1C(C)O. The molecule has 1 atom stereocenters. The fourth-order valence-electron chi connectivity index (χ4n) is 1.80. The third-order valence-electron chi connectivity index (χ3n) is 2.85. The largest absolute Gasteiger partial charge is 0.493 e. The Labute approximate surface area is 121 Å². The van der Waals surface area contributed by atoms with Gasteiger partial charge in [0.25, 0.3) is 0 Å². The molecule has 1 unspecified atom stereocenters. The van der Waals surface area contributed by atoms with Crippen molar-refractivity contribution in [3.05, 3.63) is 44.9 Å². The van der Waals surface area contributed by atoms with E-state index in [1.807, 2.05) is 12.4 Å². The average Bonchev–Trinajstić information content (AvgIpc) is 2.77. The van der Waals surface area contributed by atoms with Gasteiger partial charge in [-0.3, -0.25) is 0 Å². The van der Waals surface area contributed by atoms with E-state index in [1.165, 1.54) is 4.88 Å². The number of aromatic nitrogens is 1. The Balaban J connectivity index is 2.01. The number of halogens is 1. The normalized spacial score (nSPS) is 12.4. The zero-order valence-electron chi connectivity index (χ0n) is 10.9. The van der Waals surface area contributed by atoms with Crippen LogP contribution in [-0.4, -0.2) is 16.7 Å². The van der Waals surface area contributed by atoms with Crippen LogP contribution in [0.1, 0.15) is 29.2 Å². The second-order valence-electron chi connectivity index (χ2n) is 4.32. The number of benzene rings is 1. The summed E-state index contributed by atoms with van der Waals surface area (Å²) in [5.74, 6) is 0.682. The number of hydrogen-bond acceptors (Lipinski definition) is 4. The Kier molecular flexibility index (Phi) is 4.80. The molecule has 0 aliphatic heterocycles. The van der Waals surface area contributed by atoms with Crippen LogP contribution >= 0.6 is 22.9 Å². The minimum atomic E-state index is -0.598. The second-order valence-corrected chi connectivity index (χ2v) is 5.69. The van der Waals surface area contributed by atoms with Crippen molar-refractivity contribution < 1.29 is 9.84 Å². The zero-order valence-corrected chi connectivity index (χ0v) is 12.5. The van der Waals surface area contributed by atoms with E-state index in [-0.39, 0.29) is 0 Å². The number of rotatable bonds is 5. The first-order valence-electron chi connectivity index (χ1n) is 6.07. The third-order valence-corrected chi connectivity index (χ3v) is 4.08. The monoisotopic (exact) mass is 297 g/mol. The van der Waals surface area contributed by atoms with Gasteiger partial charge in [-0.05, 0) is 32.0 Å². The minimum Gasteiger partial charge on any atom is -0.493 e. The van der Waals surface area contributed by atoms with Crippen molar-refractivity contribution >= 4 is 22.9 Å². The van der Waals surface area contributed by atoms with E-state index in [1.54, 1.807) is 36.5 Å². The lowest BCUT2D eigenvalue weighted by Crippen LogP contribution is -2.04. The molecule has 1 heterocycles. The molecule has 5 heteroatoms. The summed E-state index contributed by atoms with van der Waals surface area (Å²) >= 11 is 7.56. The number of aryl methyl sites for hydroxylation is 1. The van der Waals surface area contributed by atoms with E-state index in [9.17, 15) is 5.11 Å². The standard InChI is InChI=1S/C14H16ClNO2S/c1-9-14(19-8-16-9)5-6-18-13-4-3-11(15)7-12(13)10(2)17/h3-4,7-8,10,17H,5-6H2,1-2H3. The number of ether oxygens (including phenoxy) is 1. The van der Waals surface area contributed by atoms with Crippen LogP contribution in [0.25, 0.3) is 0 Å². The Hall–Kier alpha value is -1.10. The molecule has 0 aliphatic carbocycles. The summed E-state index contributed by atoms with van der Waals surface area (Å²) in [6, 6.07) is 5.30. The first kappa shape index (κ1) is 14.3. The van der Waals surface area contributed by atoms with Gasteiger partial charge >= 0.3 is 0 Å². The summed E-state index contributed by atoms with van der Waals surface area (Å²) in [5, 5.41) is 10.3. The number of aliphatic hydroxyl groups is 1. The first-order valence-corrected chi connectivity index (χ1v) is 7.33. The molecule has 0 fully saturated rings. The predicted molar refractivity (Wildman–Crippen MR) is 78.1 cm³/mol. The van der Waals surface area contributed by atoms with E-state index >= 15 is 0 Å². The van der Waals surface area contributed by atoms with Gasteiger partial charge in [-0.2, -0.15) is 0 Å². The Morgan fingerprint density at radius 3 is 2.89 bits per heavy atom. The molecule has 3 nitrogen and oxygen atoms in total. The number of hydrogen-bond donors (Lipinski definition) is 1. The van der Waals surface area contributed by atoms with Gasteiger partial charge in [0.15, 0.2) is 0 Å². The van der Waals surface area contributed by atoms with Gasteiger partial charge in [-0.1, -0.05) is 11.6 Å². The molecule has 1 aromatic carbocycles. The maximum Gasteiger partial charge on any atom is 0.125 e. The second kappa shape index (κ2) is 6.37. The van der Waals surface area contributed by atoms with Crippen LogP contribution in [-0.2, 0) is 6.42 Å². The summed E-state index contributed by atoms with van der Waals surface area (Å²) in [6.45, 7) is 4.26. The highest BCUT2D eigenvalue weighted by molar-refractivity contribution is 7.09. The van der Waals surface area contributed by atoms with E-state index in [0.717, 1.165) is 12.1 Å². The van der Waals surface area contributed by atoms with Crippen molar-refractivity contribution in [3.63, 3.8) is 0 Å². The number of thiazole rings is 1. The number of nitrogens with zero attached hydrogens (tertiary/aromatic N) is 1. The average molecular weight is 298 g/mol. The topological polar surface area (TPSA) is 42.4 Å². The molecule has 2 rings (SSSR count). The van der Waals surface area contributed by atoms with Crippen LogP contribution in [0.3, 0.4) is 0 Å². The quantitative estimate of drug-likeness (QED) is 0.913. The van der Waals surface area contributed by atoms with Crippen molar-refractivity contribution in [2.75, 3.05) is 6.61 Å². The Bertz CT molecular complexity index is 554. The molecule has 2 aromatic rings. The molecule has 1 aromatic heterocycles. The fraction of sp³-hybridized carbons (Fsp3) is 0.357. The lowest BCUT2D eigenvalue weighted by Gasteiger charge is -2.13. The van der Waals surface area contributed by atoms with Gasteiger partial charge in [0, 0.05) is 21.9 Å². The van der Waals surface area contributed by atoms with Crippen molar-refractivity contribution in [1.29, 1.82) is 0 Å². The zero-order chi connectivity index (χ0) is 13.8. The lowest BCUT2D eigenvalue weighted by atomic mass is 10.1. The highest BCUT2D eigenvalue weighted by atomic mass is 35.5. The van der Waals surface area contributed by atoms with E-state index < -0.39 is 6.10 Å². The maximum absolute atomic E-state index is 9.71. The van der Waals surface area contributed by atoms with Gasteiger partial charge in [-0.15, -0.1) is 11.3 Å². The number of aliphatic hydroxyl groups excluding tert-OH is 1. The highest BCUT2D eigenvalue weighted by Gasteiger charge is 2.10. The van der Waals surface area contributed by atoms with Crippen molar-refractivity contribution in [3.8, 4) is 5.75 Å². The molecule has 0 radical (unpaired) electrons. The maximum atomic E-state index is 9.71. The molecule has 19 heavy (non-hydrogen) atoms. The molecule has 0 saturated heterocycles. The van der Waals surface area contributed by atoms with Crippen LogP contribution in [0, 0.1) is 6.92 Å². The van der Waals surface area contributed by atoms with Crippen molar-refractivity contribution in [1.82, 2.24) is 4.98 Å². The molecule has 0 spiro atoms.